The van der Waals surface area contributed by atoms with Crippen LogP contribution in [0.4, 0.5) is 0 Å². The van der Waals surface area contributed by atoms with Crippen LogP contribution in [0, 0.1) is 0 Å². The summed E-state index contributed by atoms with van der Waals surface area (Å²) in [5, 5.41) is 3.01. The zero-order chi connectivity index (χ0) is 13.8. The van der Waals surface area contributed by atoms with Gasteiger partial charge >= 0.3 is 0 Å². The fourth-order valence-electron chi connectivity index (χ4n) is 2.98. The number of nitrogens with zero attached hydrogens (tertiary/aromatic N) is 1. The molecule has 0 spiro atoms. The van der Waals surface area contributed by atoms with Crippen LogP contribution in [0.3, 0.4) is 0 Å². The zero-order valence-corrected chi connectivity index (χ0v) is 13.2. The third-order valence-corrected chi connectivity index (χ3v) is 5.26. The highest BCUT2D eigenvalue weighted by molar-refractivity contribution is 7.10. The third kappa shape index (κ3) is 3.43. The van der Waals surface area contributed by atoms with Crippen LogP contribution in [0.1, 0.15) is 42.2 Å². The second-order valence-corrected chi connectivity index (χ2v) is 6.89. The van der Waals surface area contributed by atoms with Crippen molar-refractivity contribution in [2.24, 2.45) is 0 Å². The Morgan fingerprint density at radius 1 is 1.10 bits per heavy atom. The SMILES string of the molecule is Clc1ccc(CN2CCCCC[C@@H]2c2cccs2)cc1. The molecule has 0 bridgehead atoms. The Morgan fingerprint density at radius 3 is 2.70 bits per heavy atom. The summed E-state index contributed by atoms with van der Waals surface area (Å²) in [6, 6.07) is 13.3. The second-order valence-electron chi connectivity index (χ2n) is 5.48. The third-order valence-electron chi connectivity index (χ3n) is 4.03. The van der Waals surface area contributed by atoms with E-state index in [4.69, 9.17) is 11.6 Å². The molecule has 0 N–H and O–H groups in total. The molecule has 1 aromatic carbocycles. The van der Waals surface area contributed by atoms with Gasteiger partial charge in [0.25, 0.3) is 0 Å². The highest BCUT2D eigenvalue weighted by Gasteiger charge is 2.23. The van der Waals surface area contributed by atoms with Crippen LogP contribution in [0.2, 0.25) is 5.02 Å². The van der Waals surface area contributed by atoms with Crippen LogP contribution >= 0.6 is 22.9 Å². The van der Waals surface area contributed by atoms with E-state index >= 15 is 0 Å². The molecule has 1 aromatic heterocycles. The molecule has 2 aromatic rings. The van der Waals surface area contributed by atoms with Crippen LogP contribution in [0.15, 0.2) is 41.8 Å². The molecule has 0 aliphatic carbocycles. The molecule has 0 unspecified atom stereocenters. The number of hydrogen-bond acceptors (Lipinski definition) is 2. The lowest BCUT2D eigenvalue weighted by atomic mass is 10.1. The molecule has 1 aliphatic heterocycles. The second kappa shape index (κ2) is 6.75. The van der Waals surface area contributed by atoms with Gasteiger partial charge in [0.1, 0.15) is 0 Å². The van der Waals surface area contributed by atoms with Crippen molar-refractivity contribution in [2.45, 2.75) is 38.3 Å². The van der Waals surface area contributed by atoms with Gasteiger partial charge in [-0.15, -0.1) is 11.3 Å². The van der Waals surface area contributed by atoms with Crippen LogP contribution < -0.4 is 0 Å². The Bertz CT molecular complexity index is 520. The summed E-state index contributed by atoms with van der Waals surface area (Å²) in [6.07, 6.45) is 5.31. The van der Waals surface area contributed by atoms with Gasteiger partial charge in [0.15, 0.2) is 0 Å². The van der Waals surface area contributed by atoms with Gasteiger partial charge in [-0.3, -0.25) is 4.90 Å². The molecule has 1 saturated heterocycles. The molecule has 1 nitrogen and oxygen atoms in total. The van der Waals surface area contributed by atoms with E-state index in [1.807, 2.05) is 23.5 Å². The predicted molar refractivity (Wildman–Crippen MR) is 87.4 cm³/mol. The highest BCUT2D eigenvalue weighted by Crippen LogP contribution is 2.33. The first-order valence-corrected chi connectivity index (χ1v) is 8.60. The van der Waals surface area contributed by atoms with Crippen LogP contribution in [0.5, 0.6) is 0 Å². The van der Waals surface area contributed by atoms with Crippen molar-refractivity contribution >= 4 is 22.9 Å². The Hall–Kier alpha value is -0.830. The number of halogens is 1. The average molecular weight is 306 g/mol. The molecule has 106 valence electrons. The monoisotopic (exact) mass is 305 g/mol. The summed E-state index contributed by atoms with van der Waals surface area (Å²) >= 11 is 7.87. The number of rotatable bonds is 3. The van der Waals surface area contributed by atoms with E-state index in [0.29, 0.717) is 6.04 Å². The van der Waals surface area contributed by atoms with E-state index in [1.165, 1.54) is 42.7 Å². The molecule has 1 fully saturated rings. The molecule has 1 atom stereocenters. The summed E-state index contributed by atoms with van der Waals surface area (Å²) in [4.78, 5) is 4.16. The summed E-state index contributed by atoms with van der Waals surface area (Å²) in [6.45, 7) is 2.23. The average Bonchev–Trinajstić information content (AvgIpc) is 2.89. The largest absolute Gasteiger partial charge is 0.291 e. The molecule has 0 saturated carbocycles. The van der Waals surface area contributed by atoms with Crippen molar-refractivity contribution in [3.05, 3.63) is 57.2 Å². The Kier molecular flexibility index (Phi) is 4.77. The number of likely N-dealkylation sites (tertiary alicyclic amines) is 1. The fourth-order valence-corrected chi connectivity index (χ4v) is 4.01. The minimum absolute atomic E-state index is 0.591. The smallest absolute Gasteiger partial charge is 0.0445 e. The summed E-state index contributed by atoms with van der Waals surface area (Å²) < 4.78 is 0. The van der Waals surface area contributed by atoms with Gasteiger partial charge in [-0.2, -0.15) is 0 Å². The molecular weight excluding hydrogens is 286 g/mol. The van der Waals surface area contributed by atoms with E-state index in [1.54, 1.807) is 0 Å². The molecule has 3 rings (SSSR count). The molecule has 2 heterocycles. The van der Waals surface area contributed by atoms with Crippen molar-refractivity contribution in [1.82, 2.24) is 4.90 Å². The molecule has 0 amide bonds. The normalized spacial score (nSPS) is 20.8. The first-order chi connectivity index (χ1) is 9.83. The van der Waals surface area contributed by atoms with E-state index in [-0.39, 0.29) is 0 Å². The quantitative estimate of drug-likeness (QED) is 0.722. The van der Waals surface area contributed by atoms with Gasteiger partial charge in [-0.05, 0) is 48.5 Å². The van der Waals surface area contributed by atoms with E-state index in [2.05, 4.69) is 34.5 Å². The van der Waals surface area contributed by atoms with Crippen LogP contribution in [-0.4, -0.2) is 11.4 Å². The molecular formula is C17H20ClNS. The lowest BCUT2D eigenvalue weighted by Crippen LogP contribution is -2.27. The summed E-state index contributed by atoms with van der Waals surface area (Å²) in [7, 11) is 0. The van der Waals surface area contributed by atoms with Crippen molar-refractivity contribution in [3.63, 3.8) is 0 Å². The Labute approximate surface area is 130 Å². The maximum atomic E-state index is 5.98. The lowest BCUT2D eigenvalue weighted by molar-refractivity contribution is 0.195. The van der Waals surface area contributed by atoms with Crippen molar-refractivity contribution in [3.8, 4) is 0 Å². The maximum Gasteiger partial charge on any atom is 0.0445 e. The van der Waals surface area contributed by atoms with Gasteiger partial charge < -0.3 is 0 Å². The maximum absolute atomic E-state index is 5.98. The van der Waals surface area contributed by atoms with Crippen molar-refractivity contribution in [2.75, 3.05) is 6.54 Å². The summed E-state index contributed by atoms with van der Waals surface area (Å²) in [5.41, 5.74) is 1.36. The van der Waals surface area contributed by atoms with Crippen LogP contribution in [0.25, 0.3) is 0 Å². The van der Waals surface area contributed by atoms with Gasteiger partial charge in [-0.25, -0.2) is 0 Å². The topological polar surface area (TPSA) is 3.24 Å². The van der Waals surface area contributed by atoms with Crippen LogP contribution in [-0.2, 0) is 6.54 Å². The zero-order valence-electron chi connectivity index (χ0n) is 11.6. The highest BCUT2D eigenvalue weighted by atomic mass is 35.5. The molecule has 20 heavy (non-hydrogen) atoms. The molecule has 0 radical (unpaired) electrons. The Morgan fingerprint density at radius 2 is 1.95 bits per heavy atom. The van der Waals surface area contributed by atoms with E-state index in [9.17, 15) is 0 Å². The fraction of sp³-hybridized carbons (Fsp3) is 0.412. The minimum Gasteiger partial charge on any atom is -0.291 e. The standard InChI is InChI=1S/C17H20ClNS/c18-15-9-7-14(8-10-15)13-19-11-3-1-2-5-16(19)17-6-4-12-20-17/h4,6-10,12,16H,1-3,5,11,13H2/t16-/m1/s1. The summed E-state index contributed by atoms with van der Waals surface area (Å²) in [5.74, 6) is 0. The van der Waals surface area contributed by atoms with Gasteiger partial charge in [0.05, 0.1) is 0 Å². The molecule has 1 aliphatic rings. The first-order valence-electron chi connectivity index (χ1n) is 7.35. The van der Waals surface area contributed by atoms with Crippen molar-refractivity contribution < 1.29 is 0 Å². The number of benzene rings is 1. The van der Waals surface area contributed by atoms with E-state index in [0.717, 1.165) is 11.6 Å². The van der Waals surface area contributed by atoms with Gasteiger partial charge in [0, 0.05) is 22.5 Å². The van der Waals surface area contributed by atoms with Crippen molar-refractivity contribution in [1.29, 1.82) is 0 Å². The van der Waals surface area contributed by atoms with Gasteiger partial charge in [0.2, 0.25) is 0 Å². The lowest BCUT2D eigenvalue weighted by Gasteiger charge is -2.29. The number of hydrogen-bond donors (Lipinski definition) is 0. The Balaban J connectivity index is 1.78. The predicted octanol–water partition coefficient (Wildman–Crippen LogP) is 5.52. The number of thiophene rings is 1. The molecule has 3 heteroatoms. The van der Waals surface area contributed by atoms with Gasteiger partial charge in [-0.1, -0.05) is 42.6 Å². The van der Waals surface area contributed by atoms with E-state index < -0.39 is 0 Å². The first kappa shape index (κ1) is 14.1. The minimum atomic E-state index is 0.591.